The number of aliphatic hydroxyl groups excluding tert-OH is 1. The molecule has 3 aromatic rings. The van der Waals surface area contributed by atoms with E-state index in [-0.39, 0.29) is 18.2 Å². The molecule has 0 radical (unpaired) electrons. The van der Waals surface area contributed by atoms with Gasteiger partial charge in [0.15, 0.2) is 0 Å². The predicted octanol–water partition coefficient (Wildman–Crippen LogP) is 8.71. The van der Waals surface area contributed by atoms with Crippen LogP contribution in [0.2, 0.25) is 0 Å². The van der Waals surface area contributed by atoms with Gasteiger partial charge in [0.05, 0.1) is 31.5 Å². The second kappa shape index (κ2) is 18.9. The Labute approximate surface area is 255 Å². The Morgan fingerprint density at radius 1 is 0.643 bits per heavy atom. The van der Waals surface area contributed by atoms with Gasteiger partial charge in [0, 0.05) is 13.1 Å². The van der Waals surface area contributed by atoms with Gasteiger partial charge in [-0.2, -0.15) is 0 Å². The van der Waals surface area contributed by atoms with Crippen molar-refractivity contribution in [3.63, 3.8) is 0 Å². The van der Waals surface area contributed by atoms with Crippen molar-refractivity contribution in [3.8, 4) is 0 Å². The third kappa shape index (κ3) is 11.0. The maximum atomic E-state index is 11.7. The van der Waals surface area contributed by atoms with Crippen LogP contribution < -0.4 is 0 Å². The summed E-state index contributed by atoms with van der Waals surface area (Å²) in [5.74, 6) is 0. The molecule has 1 aliphatic heterocycles. The van der Waals surface area contributed by atoms with Crippen molar-refractivity contribution < 1.29 is 14.6 Å². The van der Waals surface area contributed by atoms with Gasteiger partial charge in [0.25, 0.3) is 0 Å². The van der Waals surface area contributed by atoms with Crippen molar-refractivity contribution in [3.05, 3.63) is 108 Å². The van der Waals surface area contributed by atoms with Crippen molar-refractivity contribution in [2.45, 2.75) is 122 Å². The average Bonchev–Trinajstić information content (AvgIpc) is 3.38. The summed E-state index contributed by atoms with van der Waals surface area (Å²) in [6, 6.07) is 31.2. The highest BCUT2D eigenvalue weighted by atomic mass is 16.5. The Bertz CT molecular complexity index is 1080. The fourth-order valence-corrected chi connectivity index (χ4v) is 6.24. The standard InChI is InChI=1S/C38H53NO3/c1-2-3-4-5-6-7-8-9-10-20-27-35(40)37-38(42-31-34-25-18-13-19-26-34)36(41-30-33-23-16-12-17-24-33)29-39(37)28-32-21-14-11-15-22-32/h11-19,21-26,35-38,40H,2-10,20,27-31H2,1H3/t35?,36-,37?,38+/m1/s1. The predicted molar refractivity (Wildman–Crippen MR) is 173 cm³/mol. The second-order valence-electron chi connectivity index (χ2n) is 12.0. The smallest absolute Gasteiger partial charge is 0.103 e. The number of likely N-dealkylation sites (tertiary alicyclic amines) is 1. The highest BCUT2D eigenvalue weighted by Crippen LogP contribution is 2.31. The van der Waals surface area contributed by atoms with Crippen LogP contribution in [0.3, 0.4) is 0 Å². The largest absolute Gasteiger partial charge is 0.391 e. The lowest BCUT2D eigenvalue weighted by molar-refractivity contribution is -0.0890. The zero-order valence-electron chi connectivity index (χ0n) is 25.8. The van der Waals surface area contributed by atoms with Gasteiger partial charge >= 0.3 is 0 Å². The summed E-state index contributed by atoms with van der Waals surface area (Å²) in [6.07, 6.45) is 12.9. The fourth-order valence-electron chi connectivity index (χ4n) is 6.24. The van der Waals surface area contributed by atoms with Crippen molar-refractivity contribution in [1.82, 2.24) is 4.90 Å². The van der Waals surface area contributed by atoms with Gasteiger partial charge < -0.3 is 14.6 Å². The molecule has 0 aromatic heterocycles. The van der Waals surface area contributed by atoms with Gasteiger partial charge in [-0.3, -0.25) is 4.90 Å². The minimum atomic E-state index is -0.464. The van der Waals surface area contributed by atoms with Crippen LogP contribution in [0.5, 0.6) is 0 Å². The topological polar surface area (TPSA) is 41.9 Å². The molecule has 2 unspecified atom stereocenters. The van der Waals surface area contributed by atoms with Gasteiger partial charge in [-0.05, 0) is 23.1 Å². The third-order valence-corrected chi connectivity index (χ3v) is 8.61. The number of benzene rings is 3. The minimum Gasteiger partial charge on any atom is -0.391 e. The Morgan fingerprint density at radius 3 is 1.67 bits per heavy atom. The van der Waals surface area contributed by atoms with E-state index in [1.54, 1.807) is 0 Å². The molecule has 0 amide bonds. The first-order chi connectivity index (χ1) is 20.7. The summed E-state index contributed by atoms with van der Waals surface area (Å²) in [5, 5.41) is 11.7. The molecular weight excluding hydrogens is 518 g/mol. The molecule has 228 valence electrons. The normalized spacial score (nSPS) is 19.7. The summed E-state index contributed by atoms with van der Waals surface area (Å²) in [4.78, 5) is 2.40. The molecule has 0 saturated carbocycles. The highest BCUT2D eigenvalue weighted by Gasteiger charge is 2.46. The van der Waals surface area contributed by atoms with Gasteiger partial charge in [0.2, 0.25) is 0 Å². The Balaban J connectivity index is 1.39. The molecule has 1 saturated heterocycles. The maximum absolute atomic E-state index is 11.7. The van der Waals surface area contributed by atoms with Gasteiger partial charge in [-0.1, -0.05) is 162 Å². The molecule has 1 aliphatic rings. The van der Waals surface area contributed by atoms with E-state index in [9.17, 15) is 5.11 Å². The zero-order valence-corrected chi connectivity index (χ0v) is 25.8. The van der Waals surface area contributed by atoms with Crippen molar-refractivity contribution >= 4 is 0 Å². The maximum Gasteiger partial charge on any atom is 0.103 e. The summed E-state index contributed by atoms with van der Waals surface area (Å²) < 4.78 is 13.2. The molecular formula is C38H53NO3. The van der Waals surface area contributed by atoms with E-state index in [1.165, 1.54) is 63.4 Å². The SMILES string of the molecule is CCCCCCCCCCCCC(O)C1[C@@H](OCc2ccccc2)[C@H](OCc2ccccc2)CN1Cc1ccccc1. The lowest BCUT2D eigenvalue weighted by Crippen LogP contribution is -2.46. The van der Waals surface area contributed by atoms with Gasteiger partial charge in [0.1, 0.15) is 6.10 Å². The van der Waals surface area contributed by atoms with Crippen molar-refractivity contribution in [2.75, 3.05) is 6.54 Å². The third-order valence-electron chi connectivity index (χ3n) is 8.61. The quantitative estimate of drug-likeness (QED) is 0.138. The molecule has 4 nitrogen and oxygen atoms in total. The monoisotopic (exact) mass is 571 g/mol. The molecule has 1 N–H and O–H groups in total. The minimum absolute atomic E-state index is 0.117. The molecule has 4 atom stereocenters. The number of nitrogens with zero attached hydrogens (tertiary/aromatic N) is 1. The van der Waals surface area contributed by atoms with Crippen LogP contribution in [-0.4, -0.2) is 40.9 Å². The zero-order chi connectivity index (χ0) is 29.2. The van der Waals surface area contributed by atoms with E-state index in [0.717, 1.165) is 37.1 Å². The van der Waals surface area contributed by atoms with Crippen LogP contribution in [-0.2, 0) is 29.2 Å². The Hall–Kier alpha value is -2.50. The summed E-state index contributed by atoms with van der Waals surface area (Å²) >= 11 is 0. The van der Waals surface area contributed by atoms with Gasteiger partial charge in [-0.15, -0.1) is 0 Å². The lowest BCUT2D eigenvalue weighted by atomic mass is 9.97. The number of aliphatic hydroxyl groups is 1. The number of hydrogen-bond acceptors (Lipinski definition) is 4. The van der Waals surface area contributed by atoms with Crippen LogP contribution in [0.4, 0.5) is 0 Å². The number of ether oxygens (including phenoxy) is 2. The Kier molecular flexibility index (Phi) is 14.6. The fraction of sp³-hybridized carbons (Fsp3) is 0.526. The number of rotatable bonds is 20. The molecule has 4 heteroatoms. The average molecular weight is 572 g/mol. The molecule has 1 fully saturated rings. The van der Waals surface area contributed by atoms with E-state index in [1.807, 2.05) is 12.1 Å². The van der Waals surface area contributed by atoms with Crippen molar-refractivity contribution in [1.29, 1.82) is 0 Å². The number of unbranched alkanes of at least 4 members (excludes halogenated alkanes) is 9. The summed E-state index contributed by atoms with van der Waals surface area (Å²) in [6.45, 7) is 4.84. The molecule has 4 rings (SSSR count). The van der Waals surface area contributed by atoms with E-state index in [2.05, 4.69) is 90.7 Å². The molecule has 3 aromatic carbocycles. The first kappa shape index (κ1) is 32.4. The van der Waals surface area contributed by atoms with Crippen molar-refractivity contribution in [2.24, 2.45) is 0 Å². The summed E-state index contributed by atoms with van der Waals surface area (Å²) in [7, 11) is 0. The van der Waals surface area contributed by atoms with E-state index in [4.69, 9.17) is 9.47 Å². The van der Waals surface area contributed by atoms with E-state index in [0.29, 0.717) is 13.2 Å². The van der Waals surface area contributed by atoms with Crippen LogP contribution in [0, 0.1) is 0 Å². The van der Waals surface area contributed by atoms with E-state index < -0.39 is 6.10 Å². The van der Waals surface area contributed by atoms with Crippen LogP contribution in [0.15, 0.2) is 91.0 Å². The van der Waals surface area contributed by atoms with Crippen LogP contribution in [0.1, 0.15) is 94.2 Å². The van der Waals surface area contributed by atoms with Crippen LogP contribution in [0.25, 0.3) is 0 Å². The Morgan fingerprint density at radius 2 is 1.12 bits per heavy atom. The molecule has 0 bridgehead atoms. The molecule has 0 aliphatic carbocycles. The first-order valence-corrected chi connectivity index (χ1v) is 16.5. The molecule has 42 heavy (non-hydrogen) atoms. The van der Waals surface area contributed by atoms with Gasteiger partial charge in [-0.25, -0.2) is 0 Å². The number of hydrogen-bond donors (Lipinski definition) is 1. The lowest BCUT2D eigenvalue weighted by Gasteiger charge is -2.32. The first-order valence-electron chi connectivity index (χ1n) is 16.5. The van der Waals surface area contributed by atoms with Crippen LogP contribution >= 0.6 is 0 Å². The highest BCUT2D eigenvalue weighted by molar-refractivity contribution is 5.17. The van der Waals surface area contributed by atoms with E-state index >= 15 is 0 Å². The summed E-state index contributed by atoms with van der Waals surface area (Å²) in [5.41, 5.74) is 3.55. The molecule has 1 heterocycles. The second-order valence-corrected chi connectivity index (χ2v) is 12.0. The molecule has 0 spiro atoms.